The van der Waals surface area contributed by atoms with Gasteiger partial charge in [0.25, 0.3) is 56.5 Å². The van der Waals surface area contributed by atoms with E-state index in [1.54, 1.807) is 0 Å². The van der Waals surface area contributed by atoms with Crippen molar-refractivity contribution < 1.29 is 160 Å². The van der Waals surface area contributed by atoms with Crippen LogP contribution in [0.1, 0.15) is 42.2 Å². The summed E-state index contributed by atoms with van der Waals surface area (Å²) >= 11 is 0. The molecule has 0 aliphatic heterocycles. The monoisotopic (exact) mass is 1570 g/mol. The van der Waals surface area contributed by atoms with Crippen molar-refractivity contribution in [2.75, 3.05) is 52.4 Å². The van der Waals surface area contributed by atoms with Gasteiger partial charge in [0.05, 0.1) is 79.8 Å². The first-order valence-corrected chi connectivity index (χ1v) is 39.1. The van der Waals surface area contributed by atoms with Gasteiger partial charge < -0.3 is 16.8 Å². The number of fused-ring (bicyclic) bond motifs is 2. The number of sulfone groups is 2. The van der Waals surface area contributed by atoms with Crippen LogP contribution in [0.25, 0.3) is 12.2 Å². The van der Waals surface area contributed by atoms with E-state index in [9.17, 15) is 113 Å². The number of rotatable bonds is 25. The number of hydrogen-bond acceptors (Lipinski definition) is 33. The van der Waals surface area contributed by atoms with Crippen molar-refractivity contribution in [3.8, 4) is 0 Å². The van der Waals surface area contributed by atoms with Crippen LogP contribution < -0.4 is 57.2 Å². The average Bonchev–Trinajstić information content (AvgIpc) is 0.745. The summed E-state index contributed by atoms with van der Waals surface area (Å²) in [6.45, 7) is -1.95. The molecule has 14 N–H and O–H groups in total. The SMILES string of the molecule is Nc1c(N=Nc2ccc(S(=O)(=O)CCOS(=O)(=O)O)cc2)c(S(=O)(=O)O)cc2c1C(=O)/C(=N\Nc1ccc(C(=O)Nc3ccc(S(=O)(=O)O)c(N/N=C4\C(=O)c5c(cc(S(=O)(=O)O)c(N=Nc6ccc(S(=O)(=O)CCOS(=O)(=O)O)cc6)c5N)C=C4S(=O)(=O)O)c3)cc1)C(S(=O)(=O)O)=C2.[Na+]. The van der Waals surface area contributed by atoms with E-state index in [2.05, 4.69) is 49.8 Å². The molecule has 0 radical (unpaired) electrons. The second kappa shape index (κ2) is 29.2. The third-order valence-corrected chi connectivity index (χ3v) is 21.7. The van der Waals surface area contributed by atoms with E-state index in [0.717, 1.165) is 84.9 Å². The Kier molecular flexibility index (Phi) is 23.1. The summed E-state index contributed by atoms with van der Waals surface area (Å²) < 4.78 is 297. The van der Waals surface area contributed by atoms with Crippen LogP contribution in [0.15, 0.2) is 168 Å². The van der Waals surface area contributed by atoms with Gasteiger partial charge in [0.15, 0.2) is 31.1 Å². The molecule has 0 bridgehead atoms. The number of nitrogens with zero attached hydrogens (tertiary/aromatic N) is 6. The molecule has 1 amide bonds. The number of carbonyl (C=O) groups is 3. The molecule has 0 heterocycles. The largest absolute Gasteiger partial charge is 1.00 e. The Morgan fingerprint density at radius 3 is 1.17 bits per heavy atom. The number of allylic oxidation sites excluding steroid dienone is 2. The number of benzene rings is 6. The van der Waals surface area contributed by atoms with E-state index < -0.39 is 230 Å². The maximum Gasteiger partial charge on any atom is 1.00 e. The first kappa shape index (κ1) is 78.9. The van der Waals surface area contributed by atoms with Gasteiger partial charge in [-0.05, 0) is 126 Å². The van der Waals surface area contributed by atoms with E-state index in [-0.39, 0.29) is 57.9 Å². The van der Waals surface area contributed by atoms with Crippen molar-refractivity contribution in [1.29, 1.82) is 0 Å². The van der Waals surface area contributed by atoms with Gasteiger partial charge in [-0.25, -0.2) is 25.2 Å². The van der Waals surface area contributed by atoms with Crippen molar-refractivity contribution in [3.63, 3.8) is 0 Å². The second-order valence-corrected chi connectivity index (χ2v) is 33.0. The summed E-state index contributed by atoms with van der Waals surface area (Å²) in [7, 11) is -45.7. The van der Waals surface area contributed by atoms with E-state index in [1.165, 1.54) is 0 Å². The molecule has 526 valence electrons. The van der Waals surface area contributed by atoms with Crippen LogP contribution in [0.2, 0.25) is 0 Å². The molecule has 0 atom stereocenters. The van der Waals surface area contributed by atoms with E-state index >= 15 is 0 Å². The number of ketones is 2. The van der Waals surface area contributed by atoms with Crippen LogP contribution in [-0.4, -0.2) is 161 Å². The fraction of sp³-hybridized carbons (Fsp3) is 0.0816. The number of anilines is 5. The van der Waals surface area contributed by atoms with Crippen molar-refractivity contribution >= 4 is 183 Å². The number of hydrazone groups is 2. The summed E-state index contributed by atoms with van der Waals surface area (Å²) in [5.74, 6) is -5.89. The van der Waals surface area contributed by atoms with Crippen molar-refractivity contribution in [2.24, 2.45) is 30.7 Å². The Hall–Kier alpha value is -8.46. The molecular weight excluding hydrogens is 1530 g/mol. The third kappa shape index (κ3) is 18.9. The van der Waals surface area contributed by atoms with E-state index in [4.69, 9.17) is 20.6 Å². The molecule has 8 rings (SSSR count). The molecule has 51 heteroatoms. The van der Waals surface area contributed by atoms with Gasteiger partial charge in [0.2, 0.25) is 11.6 Å². The number of nitrogens with one attached hydrogen (secondary N) is 3. The number of nitrogen functional groups attached to an aromatic ring is 2. The minimum absolute atomic E-state index is 0. The number of Topliss-reactive ketones (excluding diaryl/α,β-unsaturated/α-hetero) is 2. The Balaban J connectivity index is 0.0000140. The Bertz CT molecular complexity index is 5760. The predicted molar refractivity (Wildman–Crippen MR) is 342 cm³/mol. The van der Waals surface area contributed by atoms with Gasteiger partial charge in [-0.3, -0.25) is 57.1 Å². The molecule has 0 unspecified atom stereocenters. The zero-order valence-corrected chi connectivity index (χ0v) is 58.7. The van der Waals surface area contributed by atoms with Crippen molar-refractivity contribution in [3.05, 3.63) is 141 Å². The van der Waals surface area contributed by atoms with Crippen LogP contribution in [0.5, 0.6) is 0 Å². The standard InChI is InChI=1S/C49H41N11O30S9.Na/c50-41-39-25(19-35(94(71,72)73)43(41)57-53-28-5-10-31(11-6-28)91(64,65)17-15-89-98(83,84)85)21-37(96(77,78)79)45(47(39)61)59-55-27-3-1-24(2-4-27)49(63)52-30-9-14-34(93(68,69)70)33(23-30)56-60-46-38(97(80,81)82)22-26-20-36(95(74,75)76)44(42(51)40(26)48(46)62)58-54-29-7-12-32(13-8-29)92(66,67)18-16-90-99(86,87)88;/h1-14,19-23,55-56H,15-18,50-51H2,(H,52,63)(H,68,69,70)(H,71,72,73)(H,74,75,76)(H,77,78,79)(H,80,81,82)(H,83,84,85)(H,86,87,88);/q;+1/b57-53?,58-54?,59-45-,60-46-;. The molecule has 41 nitrogen and oxygen atoms in total. The quantitative estimate of drug-likeness (QED) is 0.0123. The molecule has 0 fully saturated rings. The number of nitrogens with two attached hydrogens (primary N) is 2. The molecule has 0 saturated carbocycles. The molecule has 2 aliphatic rings. The molecule has 0 aromatic heterocycles. The smallest absolute Gasteiger partial charge is 0.396 e. The zero-order valence-electron chi connectivity index (χ0n) is 49.3. The molecule has 0 saturated heterocycles. The maximum atomic E-state index is 14.2. The molecule has 100 heavy (non-hydrogen) atoms. The van der Waals surface area contributed by atoms with Gasteiger partial charge in [-0.2, -0.15) is 79.4 Å². The number of carbonyl (C=O) groups excluding carboxylic acids is 3. The molecular formula is C49H41N11NaO30S9+. The van der Waals surface area contributed by atoms with Crippen LogP contribution in [0.3, 0.4) is 0 Å². The Labute approximate surface area is 586 Å². The molecule has 6 aromatic rings. The van der Waals surface area contributed by atoms with E-state index in [0.29, 0.717) is 30.4 Å². The fourth-order valence-electron chi connectivity index (χ4n) is 8.64. The van der Waals surface area contributed by atoms with Crippen LogP contribution in [-0.2, 0) is 99.4 Å². The van der Waals surface area contributed by atoms with Gasteiger partial charge in [0, 0.05) is 11.3 Å². The number of hydrogen-bond donors (Lipinski definition) is 12. The van der Waals surface area contributed by atoms with Crippen LogP contribution >= 0.6 is 0 Å². The predicted octanol–water partition coefficient (Wildman–Crippen LogP) is 0.651. The number of azo groups is 2. The minimum atomic E-state index is -5.61. The third-order valence-electron chi connectivity index (χ3n) is 13.0. The minimum Gasteiger partial charge on any atom is -0.396 e. The fourth-order valence-corrected chi connectivity index (χ4v) is 14.9. The zero-order chi connectivity index (χ0) is 73.6. The maximum absolute atomic E-state index is 14.2. The summed E-state index contributed by atoms with van der Waals surface area (Å²) in [4.78, 5) is 35.0. The summed E-state index contributed by atoms with van der Waals surface area (Å²) in [5.41, 5.74) is 5.64. The average molecular weight is 1580 g/mol. The first-order chi connectivity index (χ1) is 45.5. The normalized spacial score (nSPS) is 15.1. The van der Waals surface area contributed by atoms with Crippen LogP contribution in [0, 0.1) is 0 Å². The number of amides is 1. The van der Waals surface area contributed by atoms with Crippen LogP contribution in [0.4, 0.5) is 51.2 Å². The molecule has 6 aromatic carbocycles. The van der Waals surface area contributed by atoms with Gasteiger partial charge in [-0.15, -0.1) is 10.2 Å². The van der Waals surface area contributed by atoms with E-state index in [1.807, 2.05) is 5.43 Å². The van der Waals surface area contributed by atoms with Gasteiger partial charge in [0.1, 0.15) is 35.9 Å². The van der Waals surface area contributed by atoms with Gasteiger partial charge >= 0.3 is 50.4 Å². The second-order valence-electron chi connectivity index (χ2n) is 19.7. The summed E-state index contributed by atoms with van der Waals surface area (Å²) in [6.07, 6.45) is 0.997. The van der Waals surface area contributed by atoms with Crippen molar-refractivity contribution in [1.82, 2.24) is 0 Å². The Morgan fingerprint density at radius 2 is 0.810 bits per heavy atom. The topological polar surface area (TPSA) is 681 Å². The first-order valence-electron chi connectivity index (χ1n) is 25.8. The van der Waals surface area contributed by atoms with Crippen molar-refractivity contribution in [2.45, 2.75) is 24.5 Å². The summed E-state index contributed by atoms with van der Waals surface area (Å²) in [6, 6.07) is 15.5. The molecule has 2 aliphatic carbocycles. The molecule has 0 spiro atoms. The van der Waals surface area contributed by atoms with Gasteiger partial charge in [-0.1, -0.05) is 0 Å². The Morgan fingerprint density at radius 1 is 0.440 bits per heavy atom. The summed E-state index contributed by atoms with van der Waals surface area (Å²) in [5, 5.41) is 24.7.